The van der Waals surface area contributed by atoms with Gasteiger partial charge < -0.3 is 19.6 Å². The summed E-state index contributed by atoms with van der Waals surface area (Å²) in [4.78, 5) is 24.7. The minimum atomic E-state index is -3.35. The maximum absolute atomic E-state index is 12.5. The Kier molecular flexibility index (Phi) is 6.33. The normalized spacial score (nSPS) is 20.2. The number of ether oxygens (including phenoxy) is 1. The van der Waals surface area contributed by atoms with Crippen LogP contribution in [0.15, 0.2) is 39.6 Å². The molecule has 1 amide bonds. The lowest BCUT2D eigenvalue weighted by Crippen LogP contribution is -2.42. The zero-order valence-corrected chi connectivity index (χ0v) is 17.8. The molecule has 0 unspecified atom stereocenters. The van der Waals surface area contributed by atoms with Crippen LogP contribution in [0.1, 0.15) is 24.5 Å². The Morgan fingerprint density at radius 2 is 2.10 bits per heavy atom. The number of aliphatic hydroxyl groups excluding tert-OH is 1. The van der Waals surface area contributed by atoms with Crippen LogP contribution in [-0.2, 0) is 21.1 Å². The summed E-state index contributed by atoms with van der Waals surface area (Å²) in [6, 6.07) is 4.39. The molecule has 1 aromatic carbocycles. The third-order valence-corrected chi connectivity index (χ3v) is 6.73. The molecule has 0 saturated carbocycles. The first-order chi connectivity index (χ1) is 14.1. The first kappa shape index (κ1) is 22.0. The number of fused-ring (bicyclic) bond motifs is 1. The Morgan fingerprint density at radius 1 is 1.37 bits per heavy atom. The summed E-state index contributed by atoms with van der Waals surface area (Å²) in [5, 5.41) is 13.1. The van der Waals surface area contributed by atoms with E-state index in [0.29, 0.717) is 29.1 Å². The summed E-state index contributed by atoms with van der Waals surface area (Å²) in [6.45, 7) is 7.77. The zero-order chi connectivity index (χ0) is 22.1. The van der Waals surface area contributed by atoms with Crippen molar-refractivity contribution in [1.29, 1.82) is 0 Å². The second-order valence-corrected chi connectivity index (χ2v) is 9.87. The highest BCUT2D eigenvalue weighted by Gasteiger charge is 2.37. The SMILES string of the molecule is C=C(C)COc1ccc2c(C)c(CCC(=O)N[C@H]3CS(=O)(=O)C[C@@H]3O)c(=O)oc2c1. The summed E-state index contributed by atoms with van der Waals surface area (Å²) in [5.74, 6) is -0.514. The first-order valence-corrected chi connectivity index (χ1v) is 11.4. The van der Waals surface area contributed by atoms with Crippen LogP contribution < -0.4 is 15.7 Å². The third-order valence-electron chi connectivity index (χ3n) is 5.02. The van der Waals surface area contributed by atoms with Gasteiger partial charge in [0.2, 0.25) is 5.91 Å². The molecule has 1 aromatic heterocycles. The van der Waals surface area contributed by atoms with Crippen molar-refractivity contribution >= 4 is 26.7 Å². The number of hydrogen-bond acceptors (Lipinski definition) is 7. The van der Waals surface area contributed by atoms with Crippen LogP contribution in [0.3, 0.4) is 0 Å². The van der Waals surface area contributed by atoms with Crippen molar-refractivity contribution < 1.29 is 27.5 Å². The van der Waals surface area contributed by atoms with Gasteiger partial charge in [-0.25, -0.2) is 13.2 Å². The number of sulfone groups is 1. The van der Waals surface area contributed by atoms with Gasteiger partial charge in [-0.15, -0.1) is 0 Å². The molecule has 2 N–H and O–H groups in total. The maximum atomic E-state index is 12.5. The molecule has 162 valence electrons. The highest BCUT2D eigenvalue weighted by Crippen LogP contribution is 2.25. The van der Waals surface area contributed by atoms with Crippen molar-refractivity contribution in [2.75, 3.05) is 18.1 Å². The van der Waals surface area contributed by atoms with Crippen molar-refractivity contribution in [3.63, 3.8) is 0 Å². The Labute approximate surface area is 174 Å². The van der Waals surface area contributed by atoms with Crippen molar-refractivity contribution in [3.05, 3.63) is 51.9 Å². The van der Waals surface area contributed by atoms with Crippen LogP contribution in [0, 0.1) is 6.92 Å². The van der Waals surface area contributed by atoms with Crippen LogP contribution in [0.5, 0.6) is 5.75 Å². The van der Waals surface area contributed by atoms with Crippen molar-refractivity contribution in [3.8, 4) is 5.75 Å². The second-order valence-electron chi connectivity index (χ2n) is 7.72. The monoisotopic (exact) mass is 435 g/mol. The highest BCUT2D eigenvalue weighted by atomic mass is 32.2. The fourth-order valence-electron chi connectivity index (χ4n) is 3.44. The van der Waals surface area contributed by atoms with E-state index >= 15 is 0 Å². The van der Waals surface area contributed by atoms with Gasteiger partial charge >= 0.3 is 5.63 Å². The number of nitrogens with one attached hydrogen (secondary N) is 1. The van der Waals surface area contributed by atoms with Gasteiger partial charge in [-0.1, -0.05) is 6.58 Å². The number of carbonyl (C=O) groups excluding carboxylic acids is 1. The van der Waals surface area contributed by atoms with E-state index in [-0.39, 0.29) is 24.3 Å². The zero-order valence-electron chi connectivity index (χ0n) is 16.9. The number of benzene rings is 1. The molecule has 30 heavy (non-hydrogen) atoms. The summed E-state index contributed by atoms with van der Waals surface area (Å²) < 4.78 is 34.1. The largest absolute Gasteiger partial charge is 0.489 e. The molecule has 2 heterocycles. The minimum Gasteiger partial charge on any atom is -0.489 e. The molecule has 1 saturated heterocycles. The summed E-state index contributed by atoms with van der Waals surface area (Å²) >= 11 is 0. The topological polar surface area (TPSA) is 123 Å². The number of amides is 1. The van der Waals surface area contributed by atoms with Crippen molar-refractivity contribution in [1.82, 2.24) is 5.32 Å². The number of carbonyl (C=O) groups is 1. The summed E-state index contributed by atoms with van der Waals surface area (Å²) in [6.07, 6.45) is -1.01. The standard InChI is InChI=1S/C21H25NO7S/c1-12(2)9-28-14-4-5-15-13(3)16(21(25)29-19(15)8-14)6-7-20(24)22-17-10-30(26,27)11-18(17)23/h4-5,8,17-18,23H,1,6-7,9-11H2,2-3H3,(H,22,24)/t17-,18-/m0/s1. The van der Waals surface area contributed by atoms with Crippen molar-refractivity contribution in [2.24, 2.45) is 0 Å². The molecule has 8 nitrogen and oxygen atoms in total. The minimum absolute atomic E-state index is 0.0276. The van der Waals surface area contributed by atoms with Crippen LogP contribution in [0.25, 0.3) is 11.0 Å². The van der Waals surface area contributed by atoms with E-state index in [1.165, 1.54) is 0 Å². The Morgan fingerprint density at radius 3 is 2.73 bits per heavy atom. The molecule has 1 fully saturated rings. The number of aryl methyl sites for hydroxylation is 1. The molecule has 2 atom stereocenters. The molecular weight excluding hydrogens is 410 g/mol. The Balaban J connectivity index is 1.71. The molecule has 0 radical (unpaired) electrons. The fourth-order valence-corrected chi connectivity index (χ4v) is 5.19. The molecule has 0 spiro atoms. The van der Waals surface area contributed by atoms with Gasteiger partial charge in [-0.05, 0) is 43.5 Å². The van der Waals surface area contributed by atoms with Crippen LogP contribution in [0.4, 0.5) is 0 Å². The molecular formula is C21H25NO7S. The molecule has 1 aliphatic rings. The van der Waals surface area contributed by atoms with Gasteiger partial charge in [-0.3, -0.25) is 4.79 Å². The van der Waals surface area contributed by atoms with E-state index < -0.39 is 33.5 Å². The lowest BCUT2D eigenvalue weighted by molar-refractivity contribution is -0.122. The van der Waals surface area contributed by atoms with Gasteiger partial charge in [0.15, 0.2) is 9.84 Å². The van der Waals surface area contributed by atoms with Gasteiger partial charge in [-0.2, -0.15) is 0 Å². The number of rotatable bonds is 7. The van der Waals surface area contributed by atoms with E-state index in [1.54, 1.807) is 25.1 Å². The van der Waals surface area contributed by atoms with E-state index in [0.717, 1.165) is 11.0 Å². The lowest BCUT2D eigenvalue weighted by atomic mass is 10.0. The molecule has 2 aromatic rings. The number of aliphatic hydroxyl groups is 1. The van der Waals surface area contributed by atoms with E-state index in [1.807, 2.05) is 6.92 Å². The smallest absolute Gasteiger partial charge is 0.339 e. The van der Waals surface area contributed by atoms with E-state index in [2.05, 4.69) is 11.9 Å². The predicted octanol–water partition coefficient (Wildman–Crippen LogP) is 1.26. The van der Waals surface area contributed by atoms with Crippen LogP contribution in [0.2, 0.25) is 0 Å². The maximum Gasteiger partial charge on any atom is 0.339 e. The quantitative estimate of drug-likeness (QED) is 0.496. The average Bonchev–Trinajstić information content (AvgIpc) is 2.90. The summed E-state index contributed by atoms with van der Waals surface area (Å²) in [5.41, 5.74) is 1.82. The molecule has 0 bridgehead atoms. The van der Waals surface area contributed by atoms with Crippen molar-refractivity contribution in [2.45, 2.75) is 38.8 Å². The molecule has 3 rings (SSSR count). The van der Waals surface area contributed by atoms with Gasteiger partial charge in [0.25, 0.3) is 0 Å². The molecule has 9 heteroatoms. The molecule has 1 aliphatic heterocycles. The second kappa shape index (κ2) is 8.61. The number of hydrogen-bond donors (Lipinski definition) is 2. The Bertz CT molecular complexity index is 1150. The third kappa shape index (κ3) is 5.09. The summed E-state index contributed by atoms with van der Waals surface area (Å²) in [7, 11) is -3.35. The van der Waals surface area contributed by atoms with E-state index in [9.17, 15) is 23.1 Å². The first-order valence-electron chi connectivity index (χ1n) is 9.57. The van der Waals surface area contributed by atoms with Gasteiger partial charge in [0.05, 0.1) is 23.7 Å². The van der Waals surface area contributed by atoms with E-state index in [4.69, 9.17) is 9.15 Å². The van der Waals surface area contributed by atoms with Gasteiger partial charge in [0.1, 0.15) is 17.9 Å². The molecule has 0 aliphatic carbocycles. The lowest BCUT2D eigenvalue weighted by Gasteiger charge is -2.15. The average molecular weight is 435 g/mol. The van der Waals surface area contributed by atoms with Gasteiger partial charge in [0, 0.05) is 23.4 Å². The van der Waals surface area contributed by atoms with Crippen LogP contribution >= 0.6 is 0 Å². The fraction of sp³-hybridized carbons (Fsp3) is 0.429. The Hall–Kier alpha value is -2.65. The highest BCUT2D eigenvalue weighted by molar-refractivity contribution is 7.91. The van der Waals surface area contributed by atoms with Crippen LogP contribution in [-0.4, -0.2) is 49.7 Å². The predicted molar refractivity (Wildman–Crippen MR) is 112 cm³/mol.